The normalized spacial score (nSPS) is 23.0. The minimum absolute atomic E-state index is 0.00245. The fourth-order valence-electron chi connectivity index (χ4n) is 5.30. The number of morpholine rings is 1. The van der Waals surface area contributed by atoms with E-state index in [9.17, 15) is 18.4 Å². The van der Waals surface area contributed by atoms with Crippen LogP contribution in [0.3, 0.4) is 0 Å². The first-order chi connectivity index (χ1) is 19.5. The largest absolute Gasteiger partial charge is 0.586 e. The number of carbonyl (C=O) groups excluding carboxylic acids is 1. The molecule has 0 saturated carbocycles. The third-order valence-corrected chi connectivity index (χ3v) is 8.56. The Labute approximate surface area is 235 Å². The molecule has 2 aromatic heterocycles. The topological polar surface area (TPSA) is 109 Å². The van der Waals surface area contributed by atoms with E-state index >= 15 is 8.78 Å². The molecule has 0 aliphatic carbocycles. The molecular formula is C26H27F4N5O5S. The van der Waals surface area contributed by atoms with Gasteiger partial charge in [0, 0.05) is 63.0 Å². The lowest BCUT2D eigenvalue weighted by atomic mass is 9.86. The molecule has 2 atom stereocenters. The SMILES string of the molecule is C[C@@H](C(=O)Nc1nc2cc3c(cc2s1)OC(F)(F)O3)N1CCC(F)(F)[C@@H](c2c[nH]c(=O)c(CN3CCOCC3)c2)C1. The van der Waals surface area contributed by atoms with Gasteiger partial charge in [-0.05, 0) is 18.6 Å². The van der Waals surface area contributed by atoms with Crippen molar-refractivity contribution < 1.29 is 36.6 Å². The number of amides is 1. The molecule has 6 rings (SSSR count). The zero-order valence-electron chi connectivity index (χ0n) is 21.9. The van der Waals surface area contributed by atoms with Crippen LogP contribution in [0, 0.1) is 0 Å². The number of nitrogens with one attached hydrogen (secondary N) is 2. The summed E-state index contributed by atoms with van der Waals surface area (Å²) in [6, 6.07) is 3.43. The Morgan fingerprint density at radius 2 is 1.90 bits per heavy atom. The summed E-state index contributed by atoms with van der Waals surface area (Å²) < 4.78 is 71.8. The minimum Gasteiger partial charge on any atom is -0.395 e. The number of thiazole rings is 1. The molecule has 2 saturated heterocycles. The fourth-order valence-corrected chi connectivity index (χ4v) is 6.18. The molecule has 1 aromatic carbocycles. The number of carbonyl (C=O) groups is 1. The molecule has 3 aliphatic heterocycles. The summed E-state index contributed by atoms with van der Waals surface area (Å²) in [7, 11) is 0. The fraction of sp³-hybridized carbons (Fsp3) is 0.500. The number of ether oxygens (including phenoxy) is 3. The van der Waals surface area contributed by atoms with Crippen LogP contribution in [-0.2, 0) is 16.1 Å². The van der Waals surface area contributed by atoms with E-state index in [1.54, 1.807) is 17.9 Å². The van der Waals surface area contributed by atoms with Crippen molar-refractivity contribution in [3.05, 3.63) is 45.9 Å². The predicted octanol–water partition coefficient (Wildman–Crippen LogP) is 3.59. The predicted molar refractivity (Wildman–Crippen MR) is 141 cm³/mol. The van der Waals surface area contributed by atoms with Crippen molar-refractivity contribution in [2.24, 2.45) is 0 Å². The Balaban J connectivity index is 1.15. The summed E-state index contributed by atoms with van der Waals surface area (Å²) in [5.74, 6) is -5.00. The Bertz CT molecular complexity index is 1480. The molecule has 2 N–H and O–H groups in total. The van der Waals surface area contributed by atoms with E-state index in [0.717, 1.165) is 11.3 Å². The molecule has 0 bridgehead atoms. The second kappa shape index (κ2) is 10.5. The maximum atomic E-state index is 15.2. The van der Waals surface area contributed by atoms with Crippen LogP contribution in [-0.4, -0.2) is 83.3 Å². The monoisotopic (exact) mass is 597 g/mol. The summed E-state index contributed by atoms with van der Waals surface area (Å²) in [4.78, 5) is 36.2. The number of fused-ring (bicyclic) bond motifs is 2. The molecule has 220 valence electrons. The van der Waals surface area contributed by atoms with Crippen molar-refractivity contribution >= 4 is 32.6 Å². The van der Waals surface area contributed by atoms with Crippen LogP contribution in [0.15, 0.2) is 29.2 Å². The van der Waals surface area contributed by atoms with Gasteiger partial charge in [-0.1, -0.05) is 11.3 Å². The maximum Gasteiger partial charge on any atom is 0.586 e. The highest BCUT2D eigenvalue weighted by molar-refractivity contribution is 7.22. The average molecular weight is 598 g/mol. The molecule has 3 aromatic rings. The van der Waals surface area contributed by atoms with Crippen LogP contribution < -0.4 is 20.3 Å². The van der Waals surface area contributed by atoms with Gasteiger partial charge in [0.1, 0.15) is 0 Å². The van der Waals surface area contributed by atoms with Gasteiger partial charge in [0.2, 0.25) is 5.91 Å². The number of aromatic nitrogens is 2. The Hall–Kier alpha value is -3.27. The van der Waals surface area contributed by atoms with Gasteiger partial charge in [-0.2, -0.15) is 0 Å². The third-order valence-electron chi connectivity index (χ3n) is 7.63. The molecule has 3 aliphatic rings. The highest BCUT2D eigenvalue weighted by atomic mass is 32.1. The first-order valence-corrected chi connectivity index (χ1v) is 13.9. The van der Waals surface area contributed by atoms with Gasteiger partial charge >= 0.3 is 6.29 Å². The van der Waals surface area contributed by atoms with Crippen LogP contribution in [0.25, 0.3) is 10.2 Å². The number of benzene rings is 1. The second-order valence-electron chi connectivity index (χ2n) is 10.4. The van der Waals surface area contributed by atoms with Crippen molar-refractivity contribution in [3.63, 3.8) is 0 Å². The Morgan fingerprint density at radius 1 is 1.17 bits per heavy atom. The first-order valence-electron chi connectivity index (χ1n) is 13.1. The van der Waals surface area contributed by atoms with E-state index in [-0.39, 0.29) is 35.3 Å². The van der Waals surface area contributed by atoms with Crippen molar-refractivity contribution in [1.29, 1.82) is 0 Å². The van der Waals surface area contributed by atoms with Crippen molar-refractivity contribution in [1.82, 2.24) is 19.8 Å². The maximum absolute atomic E-state index is 15.2. The van der Waals surface area contributed by atoms with E-state index in [2.05, 4.69) is 24.8 Å². The van der Waals surface area contributed by atoms with Crippen LogP contribution in [0.4, 0.5) is 22.7 Å². The molecule has 15 heteroatoms. The second-order valence-corrected chi connectivity index (χ2v) is 11.4. The molecule has 41 heavy (non-hydrogen) atoms. The molecule has 0 spiro atoms. The Kier molecular flexibility index (Phi) is 7.16. The summed E-state index contributed by atoms with van der Waals surface area (Å²) >= 11 is 1.06. The summed E-state index contributed by atoms with van der Waals surface area (Å²) in [6.07, 6.45) is -2.87. The van der Waals surface area contributed by atoms with E-state index < -0.39 is 36.5 Å². The number of rotatable bonds is 6. The minimum atomic E-state index is -3.75. The van der Waals surface area contributed by atoms with Gasteiger partial charge in [0.25, 0.3) is 11.5 Å². The van der Waals surface area contributed by atoms with Crippen molar-refractivity contribution in [2.45, 2.75) is 44.1 Å². The molecule has 2 fully saturated rings. The number of H-pyrrole nitrogens is 1. The highest BCUT2D eigenvalue weighted by Gasteiger charge is 2.47. The quantitative estimate of drug-likeness (QED) is 0.415. The number of anilines is 1. The lowest BCUT2D eigenvalue weighted by Gasteiger charge is -2.40. The lowest BCUT2D eigenvalue weighted by Crippen LogP contribution is -2.52. The Morgan fingerprint density at radius 3 is 2.66 bits per heavy atom. The summed E-state index contributed by atoms with van der Waals surface area (Å²) in [5, 5.41) is 2.93. The number of nitrogens with zero attached hydrogens (tertiary/aromatic N) is 3. The van der Waals surface area contributed by atoms with E-state index in [1.807, 2.05) is 4.90 Å². The van der Waals surface area contributed by atoms with Gasteiger partial charge in [-0.25, -0.2) is 13.8 Å². The van der Waals surface area contributed by atoms with Gasteiger partial charge in [-0.15, -0.1) is 8.78 Å². The van der Waals surface area contributed by atoms with Crippen LogP contribution in [0.1, 0.15) is 30.4 Å². The van der Waals surface area contributed by atoms with Gasteiger partial charge in [0.05, 0.1) is 35.4 Å². The van der Waals surface area contributed by atoms with E-state index in [0.29, 0.717) is 54.2 Å². The zero-order valence-corrected chi connectivity index (χ0v) is 22.7. The summed E-state index contributed by atoms with van der Waals surface area (Å²) in [6.45, 7) is 4.26. The van der Waals surface area contributed by atoms with Crippen LogP contribution >= 0.6 is 11.3 Å². The van der Waals surface area contributed by atoms with Gasteiger partial charge < -0.3 is 24.5 Å². The highest BCUT2D eigenvalue weighted by Crippen LogP contribution is 2.45. The number of alkyl halides is 4. The lowest BCUT2D eigenvalue weighted by molar-refractivity contribution is -0.286. The third kappa shape index (κ3) is 5.76. The average Bonchev–Trinajstić information content (AvgIpc) is 3.45. The van der Waals surface area contributed by atoms with E-state index in [1.165, 1.54) is 18.3 Å². The molecular weight excluding hydrogens is 570 g/mol. The van der Waals surface area contributed by atoms with E-state index in [4.69, 9.17) is 4.74 Å². The summed E-state index contributed by atoms with van der Waals surface area (Å²) in [5.41, 5.74) is 0.729. The van der Waals surface area contributed by atoms with Crippen molar-refractivity contribution in [2.75, 3.05) is 44.7 Å². The number of hydrogen-bond donors (Lipinski definition) is 2. The number of hydrogen-bond acceptors (Lipinski definition) is 9. The molecule has 1 amide bonds. The number of pyridine rings is 1. The smallest absolute Gasteiger partial charge is 0.395 e. The number of halogens is 4. The number of likely N-dealkylation sites (tertiary alicyclic amines) is 1. The first kappa shape index (κ1) is 27.9. The van der Waals surface area contributed by atoms with Crippen molar-refractivity contribution in [3.8, 4) is 11.5 Å². The van der Waals surface area contributed by atoms with Gasteiger partial charge in [0.15, 0.2) is 16.6 Å². The molecule has 10 nitrogen and oxygen atoms in total. The molecule has 0 radical (unpaired) electrons. The number of piperidine rings is 1. The van der Waals surface area contributed by atoms with Crippen LogP contribution in [0.5, 0.6) is 11.5 Å². The zero-order chi connectivity index (χ0) is 28.9. The van der Waals surface area contributed by atoms with Crippen LogP contribution in [0.2, 0.25) is 0 Å². The standard InChI is InChI=1S/C26H27F4N5O5S/c1-14(22(36)33-24-32-18-9-19-20(10-21(18)41-24)40-26(29,30)39-19)35-3-2-25(27,28)17(13-35)15-8-16(23(37)31-11-15)12-34-4-6-38-7-5-34/h8-11,14,17H,2-7,12-13H2,1H3,(H,31,37)(H,32,33,36)/t14-,17+/m0/s1. The number of aromatic amines is 1. The molecule has 0 unspecified atom stereocenters. The molecule has 5 heterocycles. The van der Waals surface area contributed by atoms with Gasteiger partial charge in [-0.3, -0.25) is 19.4 Å².